The molecule has 1 aliphatic heterocycles. The molecule has 4 rings (SSSR count). The third-order valence-electron chi connectivity index (χ3n) is 6.24. The Kier molecular flexibility index (Phi) is 11.5. The highest BCUT2D eigenvalue weighted by atomic mass is 79.9. The summed E-state index contributed by atoms with van der Waals surface area (Å²) >= 11 is 12.4. The quantitative estimate of drug-likeness (QED) is 0.100. The van der Waals surface area contributed by atoms with Crippen molar-refractivity contribution in [2.45, 2.75) is 26.5 Å². The predicted molar refractivity (Wildman–Crippen MR) is 176 cm³/mol. The van der Waals surface area contributed by atoms with Crippen LogP contribution in [0.25, 0.3) is 0 Å². The molecule has 0 aliphatic carbocycles. The van der Waals surface area contributed by atoms with Gasteiger partial charge in [0.15, 0.2) is 11.7 Å². The van der Waals surface area contributed by atoms with Crippen molar-refractivity contribution in [2.75, 3.05) is 13.2 Å². The number of amides is 1. The standard InChI is InChI=1S/C31H27Br2N5O5S/c1-3-41-30(40)27-18(2)36-31(44)37-28(27)22-6-4-5-7-25(22)42-17-26(39)38-35-15-21-12-23(32)29(24(33)13-21)43-16-20-10-8-19(14-34)9-11-20/h4-13,15,28H,3,16-17H2,1-2H3,(H,38,39)(H2,36,37,44)/t28-/m0/s1. The topological polar surface area (TPSA) is 134 Å². The van der Waals surface area contributed by atoms with Crippen molar-refractivity contribution in [2.24, 2.45) is 5.10 Å². The lowest BCUT2D eigenvalue weighted by molar-refractivity contribution is -0.139. The summed E-state index contributed by atoms with van der Waals surface area (Å²) in [6, 6.07) is 19.3. The van der Waals surface area contributed by atoms with Crippen LogP contribution in [0.3, 0.4) is 0 Å². The normalized spacial score (nSPS) is 14.3. The summed E-state index contributed by atoms with van der Waals surface area (Å²) in [4.78, 5) is 25.3. The minimum Gasteiger partial charge on any atom is -0.487 e. The maximum atomic E-state index is 12.7. The Balaban J connectivity index is 1.37. The van der Waals surface area contributed by atoms with Gasteiger partial charge in [0, 0.05) is 11.3 Å². The van der Waals surface area contributed by atoms with Crippen LogP contribution in [0, 0.1) is 11.3 Å². The van der Waals surface area contributed by atoms with Crippen LogP contribution in [0.5, 0.6) is 11.5 Å². The molecule has 0 bridgehead atoms. The first-order valence-electron chi connectivity index (χ1n) is 13.3. The number of carbonyl (C=O) groups excluding carboxylic acids is 2. The molecule has 13 heteroatoms. The second-order valence-corrected chi connectivity index (χ2v) is 11.4. The van der Waals surface area contributed by atoms with E-state index in [4.69, 9.17) is 31.7 Å². The fourth-order valence-electron chi connectivity index (χ4n) is 4.23. The molecule has 3 aromatic carbocycles. The van der Waals surface area contributed by atoms with Crippen molar-refractivity contribution < 1.29 is 23.8 Å². The van der Waals surface area contributed by atoms with Crippen molar-refractivity contribution >= 4 is 67.3 Å². The van der Waals surface area contributed by atoms with E-state index >= 15 is 0 Å². The molecule has 0 saturated carbocycles. The van der Waals surface area contributed by atoms with Crippen LogP contribution >= 0.6 is 44.1 Å². The number of esters is 1. The van der Waals surface area contributed by atoms with Gasteiger partial charge in [0.25, 0.3) is 5.91 Å². The number of carbonyl (C=O) groups is 2. The summed E-state index contributed by atoms with van der Waals surface area (Å²) in [7, 11) is 0. The number of para-hydroxylation sites is 1. The summed E-state index contributed by atoms with van der Waals surface area (Å²) < 4.78 is 18.4. The van der Waals surface area contributed by atoms with Gasteiger partial charge in [-0.15, -0.1) is 0 Å². The van der Waals surface area contributed by atoms with E-state index < -0.39 is 17.9 Å². The Morgan fingerprint density at radius 1 is 1.11 bits per heavy atom. The Bertz CT molecular complexity index is 1650. The smallest absolute Gasteiger partial charge is 0.338 e. The molecule has 0 saturated heterocycles. The van der Waals surface area contributed by atoms with Crippen molar-refractivity contribution in [1.82, 2.24) is 16.1 Å². The van der Waals surface area contributed by atoms with Crippen LogP contribution in [-0.4, -0.2) is 36.4 Å². The van der Waals surface area contributed by atoms with Crippen LogP contribution < -0.4 is 25.5 Å². The van der Waals surface area contributed by atoms with E-state index in [0.717, 1.165) is 5.56 Å². The van der Waals surface area contributed by atoms with Gasteiger partial charge in [-0.1, -0.05) is 30.3 Å². The van der Waals surface area contributed by atoms with Crippen LogP contribution in [0.2, 0.25) is 0 Å². The third kappa shape index (κ3) is 8.43. The molecule has 1 atom stereocenters. The molecule has 0 fully saturated rings. The van der Waals surface area contributed by atoms with Crippen LogP contribution in [0.1, 0.15) is 42.1 Å². The predicted octanol–water partition coefficient (Wildman–Crippen LogP) is 5.55. The van der Waals surface area contributed by atoms with E-state index in [0.29, 0.717) is 60.1 Å². The molecule has 226 valence electrons. The van der Waals surface area contributed by atoms with Crippen molar-refractivity contribution in [3.63, 3.8) is 0 Å². The number of hydrogen-bond acceptors (Lipinski definition) is 8. The van der Waals surface area contributed by atoms with Crippen molar-refractivity contribution in [3.05, 3.63) is 103 Å². The summed E-state index contributed by atoms with van der Waals surface area (Å²) in [6.45, 7) is 3.69. The second-order valence-electron chi connectivity index (χ2n) is 9.32. The zero-order chi connectivity index (χ0) is 31.6. The summed E-state index contributed by atoms with van der Waals surface area (Å²) in [5, 5.41) is 19.4. The average molecular weight is 741 g/mol. The first-order valence-corrected chi connectivity index (χ1v) is 15.3. The number of ether oxygens (including phenoxy) is 3. The minimum absolute atomic E-state index is 0.220. The molecule has 0 aromatic heterocycles. The van der Waals surface area contributed by atoms with Gasteiger partial charge >= 0.3 is 5.97 Å². The number of benzene rings is 3. The average Bonchev–Trinajstić information content (AvgIpc) is 2.99. The SMILES string of the molecule is CCOC(=O)C1=C(C)NC(=S)N[C@H]1c1ccccc1OCC(=O)NN=Cc1cc(Br)c(OCc2ccc(C#N)cc2)c(Br)c1. The summed E-state index contributed by atoms with van der Waals surface area (Å²) in [6.07, 6.45) is 1.49. The van der Waals surface area contributed by atoms with E-state index in [1.807, 2.05) is 12.1 Å². The number of hydrazone groups is 1. The second kappa shape index (κ2) is 15.5. The number of allylic oxidation sites excluding steroid dienone is 1. The lowest BCUT2D eigenvalue weighted by atomic mass is 9.95. The van der Waals surface area contributed by atoms with Gasteiger partial charge in [-0.3, -0.25) is 4.79 Å². The Hall–Kier alpha value is -4.25. The number of nitriles is 1. The Morgan fingerprint density at radius 3 is 2.50 bits per heavy atom. The molecule has 10 nitrogen and oxygen atoms in total. The molecule has 0 radical (unpaired) electrons. The fourth-order valence-corrected chi connectivity index (χ4v) is 5.96. The number of hydrogen-bond donors (Lipinski definition) is 3. The fraction of sp³-hybridized carbons (Fsp3) is 0.194. The molecule has 0 unspecified atom stereocenters. The molecule has 0 spiro atoms. The van der Waals surface area contributed by atoms with Crippen LogP contribution in [-0.2, 0) is 20.9 Å². The monoisotopic (exact) mass is 739 g/mol. The van der Waals surface area contributed by atoms with Crippen molar-refractivity contribution in [3.8, 4) is 17.6 Å². The van der Waals surface area contributed by atoms with Gasteiger partial charge < -0.3 is 24.8 Å². The Labute approximate surface area is 276 Å². The Morgan fingerprint density at radius 2 is 1.82 bits per heavy atom. The molecule has 1 heterocycles. The number of nitrogens with one attached hydrogen (secondary N) is 3. The van der Waals surface area contributed by atoms with E-state index in [9.17, 15) is 9.59 Å². The molecule has 44 heavy (non-hydrogen) atoms. The first-order chi connectivity index (χ1) is 21.2. The molecular weight excluding hydrogens is 714 g/mol. The lowest BCUT2D eigenvalue weighted by Crippen LogP contribution is -2.45. The van der Waals surface area contributed by atoms with Gasteiger partial charge in [0.05, 0.1) is 45.0 Å². The molecule has 1 amide bonds. The van der Waals surface area contributed by atoms with Gasteiger partial charge in [0.2, 0.25) is 0 Å². The minimum atomic E-state index is -0.631. The number of nitrogens with zero attached hydrogens (tertiary/aromatic N) is 2. The highest BCUT2D eigenvalue weighted by molar-refractivity contribution is 9.11. The van der Waals surface area contributed by atoms with Gasteiger partial charge in [-0.2, -0.15) is 10.4 Å². The first kappa shape index (κ1) is 32.7. The largest absolute Gasteiger partial charge is 0.487 e. The zero-order valence-corrected chi connectivity index (χ0v) is 27.6. The number of thiocarbonyl (C=S) groups is 1. The van der Waals surface area contributed by atoms with Gasteiger partial charge in [-0.05, 0) is 99.4 Å². The number of rotatable bonds is 11. The van der Waals surface area contributed by atoms with Gasteiger partial charge in [0.1, 0.15) is 18.1 Å². The van der Waals surface area contributed by atoms with E-state index in [2.05, 4.69) is 59.1 Å². The third-order valence-corrected chi connectivity index (χ3v) is 7.64. The molecule has 3 N–H and O–H groups in total. The maximum Gasteiger partial charge on any atom is 0.338 e. The highest BCUT2D eigenvalue weighted by Crippen LogP contribution is 2.35. The summed E-state index contributed by atoms with van der Waals surface area (Å²) in [5.41, 5.74) is 6.22. The van der Waals surface area contributed by atoms with Crippen molar-refractivity contribution in [1.29, 1.82) is 5.26 Å². The summed E-state index contributed by atoms with van der Waals surface area (Å²) in [5.74, 6) is 0.0295. The maximum absolute atomic E-state index is 12.7. The van der Waals surface area contributed by atoms with Crippen LogP contribution in [0.15, 0.2) is 86.0 Å². The van der Waals surface area contributed by atoms with E-state index in [1.54, 1.807) is 62.4 Å². The molecular formula is C31H27Br2N5O5S. The molecule has 3 aromatic rings. The van der Waals surface area contributed by atoms with Gasteiger partial charge in [-0.25, -0.2) is 10.2 Å². The number of halogens is 2. The molecule has 1 aliphatic rings. The lowest BCUT2D eigenvalue weighted by Gasteiger charge is -2.30. The van der Waals surface area contributed by atoms with Crippen LogP contribution in [0.4, 0.5) is 0 Å². The van der Waals surface area contributed by atoms with E-state index in [1.165, 1.54) is 6.21 Å². The van der Waals surface area contributed by atoms with E-state index in [-0.39, 0.29) is 13.2 Å². The highest BCUT2D eigenvalue weighted by Gasteiger charge is 2.32. The zero-order valence-electron chi connectivity index (χ0n) is 23.6.